The Morgan fingerprint density at radius 2 is 0.375 bits per heavy atom. The molecule has 8 bridgehead atoms. The van der Waals surface area contributed by atoms with E-state index < -0.39 is 0 Å². The van der Waals surface area contributed by atoms with E-state index in [-0.39, 0.29) is 0 Å². The summed E-state index contributed by atoms with van der Waals surface area (Å²) in [5.74, 6) is 6.09. The molecule has 0 saturated carbocycles. The lowest BCUT2D eigenvalue weighted by atomic mass is 10.0. The van der Waals surface area contributed by atoms with E-state index in [1.165, 1.54) is 51.4 Å². The molecule has 2 N–H and O–H groups in total. The van der Waals surface area contributed by atoms with E-state index in [9.17, 15) is 0 Å². The van der Waals surface area contributed by atoms with Crippen molar-refractivity contribution in [2.75, 3.05) is 52.9 Å². The number of ether oxygens (including phenoxy) is 8. The van der Waals surface area contributed by atoms with Crippen LogP contribution in [-0.4, -0.2) is 72.8 Å². The number of benzene rings is 4. The molecule has 2 aliphatic rings. The molecule has 3 aromatic heterocycles. The lowest BCUT2D eigenvalue weighted by molar-refractivity contribution is 0.290. The van der Waals surface area contributed by atoms with E-state index in [4.69, 9.17) is 47.9 Å². The Hall–Kier alpha value is -8.12. The summed E-state index contributed by atoms with van der Waals surface area (Å²) in [7, 11) is 0. The second-order valence-electron chi connectivity index (χ2n) is 28.5. The highest BCUT2D eigenvalue weighted by Crippen LogP contribution is 2.44. The summed E-state index contributed by atoms with van der Waals surface area (Å²) >= 11 is 0. The van der Waals surface area contributed by atoms with Crippen molar-refractivity contribution in [1.29, 1.82) is 0 Å². The monoisotopic (exact) mass is 1410 g/mol. The van der Waals surface area contributed by atoms with Crippen LogP contribution in [0.5, 0.6) is 46.0 Å². The zero-order valence-electron chi connectivity index (χ0n) is 65.0. The zero-order valence-corrected chi connectivity index (χ0v) is 65.0. The quantitative estimate of drug-likeness (QED) is 0.0355. The molecule has 0 aliphatic carbocycles. The summed E-state index contributed by atoms with van der Waals surface area (Å²) in [6.07, 6.45) is 43.8. The average molecular weight is 1420 g/mol. The van der Waals surface area contributed by atoms with Crippen LogP contribution < -0.4 is 37.9 Å². The Labute approximate surface area is 624 Å². The maximum Gasteiger partial charge on any atom is 0.123 e. The van der Waals surface area contributed by atoms with Gasteiger partial charge in [-0.25, -0.2) is 9.97 Å². The van der Waals surface area contributed by atoms with Crippen LogP contribution in [0.1, 0.15) is 284 Å². The number of aromatic amines is 2. The van der Waals surface area contributed by atoms with Gasteiger partial charge in [-0.2, -0.15) is 0 Å². The highest BCUT2D eigenvalue weighted by atomic mass is 16.5. The highest BCUT2D eigenvalue weighted by molar-refractivity contribution is 6.00. The first-order valence-electron chi connectivity index (χ1n) is 41.1. The topological polar surface area (TPSA) is 131 Å². The highest BCUT2D eigenvalue weighted by Gasteiger charge is 2.23. The average Bonchev–Trinajstić information content (AvgIpc) is 1.60. The molecule has 0 fully saturated rings. The van der Waals surface area contributed by atoms with Crippen LogP contribution in [0.3, 0.4) is 0 Å². The molecular weight excluding hydrogens is 1290 g/mol. The number of nitrogens with one attached hydrogen (secondary N) is 2. The molecule has 0 radical (unpaired) electrons. The van der Waals surface area contributed by atoms with Crippen molar-refractivity contribution in [2.45, 2.75) is 261 Å². The van der Waals surface area contributed by atoms with Crippen LogP contribution in [0.2, 0.25) is 0 Å². The number of nitrogens with zero attached hydrogens (tertiary/aromatic N) is 2. The van der Waals surface area contributed by atoms with Gasteiger partial charge in [0.2, 0.25) is 0 Å². The molecule has 0 unspecified atom stereocenters. The lowest BCUT2D eigenvalue weighted by Gasteiger charge is -2.14. The first-order chi connectivity index (χ1) is 51.3. The summed E-state index contributed by atoms with van der Waals surface area (Å²) in [5.41, 5.74) is 13.9. The van der Waals surface area contributed by atoms with Crippen LogP contribution in [-0.2, 0) is 0 Å². The molecular formula is C92H126N4O8. The minimum atomic E-state index is 0.604. The van der Waals surface area contributed by atoms with Gasteiger partial charge in [0.15, 0.2) is 0 Å². The number of fused-ring (bicyclic) bond motifs is 8. The smallest absolute Gasteiger partial charge is 0.123 e. The van der Waals surface area contributed by atoms with Crippen molar-refractivity contribution < 1.29 is 37.9 Å². The Balaban J connectivity index is 1.39. The van der Waals surface area contributed by atoms with E-state index in [2.05, 4.69) is 187 Å². The third kappa shape index (κ3) is 25.0. The molecule has 12 heteroatoms. The molecule has 2 aliphatic heterocycles. The second-order valence-corrected chi connectivity index (χ2v) is 28.5. The second kappa shape index (κ2) is 45.3. The third-order valence-corrected chi connectivity index (χ3v) is 19.6. The fourth-order valence-electron chi connectivity index (χ4n) is 13.7. The molecule has 4 aromatic carbocycles. The van der Waals surface area contributed by atoms with E-state index in [0.717, 1.165) is 289 Å². The number of H-pyrrole nitrogens is 2. The van der Waals surface area contributed by atoms with Gasteiger partial charge in [-0.3, -0.25) is 0 Å². The molecule has 104 heavy (non-hydrogen) atoms. The van der Waals surface area contributed by atoms with Crippen LogP contribution in [0.15, 0.2) is 97.1 Å². The Kier molecular flexibility index (Phi) is 34.8. The molecule has 0 spiro atoms. The van der Waals surface area contributed by atoms with Crippen LogP contribution in [0.4, 0.5) is 0 Å². The normalized spacial score (nSPS) is 11.8. The third-order valence-electron chi connectivity index (χ3n) is 19.6. The minimum absolute atomic E-state index is 0.604. The molecule has 0 saturated heterocycles. The fraction of sp³-hybridized carbons (Fsp3) is 0.522. The summed E-state index contributed by atoms with van der Waals surface area (Å²) < 4.78 is 54.1. The van der Waals surface area contributed by atoms with Crippen molar-refractivity contribution in [2.24, 2.45) is 0 Å². The summed E-state index contributed by atoms with van der Waals surface area (Å²) in [6.45, 7) is 22.8. The number of hydrogen-bond donors (Lipinski definition) is 2. The van der Waals surface area contributed by atoms with E-state index in [1.807, 2.05) is 0 Å². The predicted molar refractivity (Wildman–Crippen MR) is 438 cm³/mol. The van der Waals surface area contributed by atoms with Crippen molar-refractivity contribution in [3.63, 3.8) is 0 Å². The molecule has 9 rings (SSSR count). The number of hydrogen-bond acceptors (Lipinski definition) is 10. The summed E-state index contributed by atoms with van der Waals surface area (Å²) in [5, 5.41) is 0. The van der Waals surface area contributed by atoms with Gasteiger partial charge in [-0.1, -0.05) is 209 Å². The van der Waals surface area contributed by atoms with E-state index in [0.29, 0.717) is 52.9 Å². The van der Waals surface area contributed by atoms with Crippen molar-refractivity contribution in [3.05, 3.63) is 120 Å². The first-order valence-corrected chi connectivity index (χ1v) is 41.1. The van der Waals surface area contributed by atoms with Gasteiger partial charge in [-0.05, 0) is 171 Å². The number of rotatable bonds is 52. The zero-order chi connectivity index (χ0) is 72.8. The maximum atomic E-state index is 6.76. The maximum absolute atomic E-state index is 6.76. The van der Waals surface area contributed by atoms with Gasteiger partial charge >= 0.3 is 0 Å². The molecule has 0 atom stereocenters. The van der Waals surface area contributed by atoms with E-state index in [1.54, 1.807) is 0 Å². The number of unbranched alkanes of at least 4 members (excludes halogenated alkanes) is 24. The fourth-order valence-corrected chi connectivity index (χ4v) is 13.7. The van der Waals surface area contributed by atoms with Crippen LogP contribution in [0, 0.1) is 0 Å². The van der Waals surface area contributed by atoms with E-state index >= 15 is 0 Å². The predicted octanol–water partition coefficient (Wildman–Crippen LogP) is 27.0. The Morgan fingerprint density at radius 1 is 0.212 bits per heavy atom. The van der Waals surface area contributed by atoms with Gasteiger partial charge in [0.25, 0.3) is 0 Å². The van der Waals surface area contributed by atoms with Gasteiger partial charge in [0.1, 0.15) is 46.0 Å². The van der Waals surface area contributed by atoms with Crippen LogP contribution >= 0.6 is 0 Å². The summed E-state index contributed by atoms with van der Waals surface area (Å²) in [4.78, 5) is 19.9. The summed E-state index contributed by atoms with van der Waals surface area (Å²) in [6, 6.07) is 34.5. The van der Waals surface area contributed by atoms with Crippen molar-refractivity contribution in [3.8, 4) is 90.5 Å². The Bertz CT molecular complexity index is 3310. The van der Waals surface area contributed by atoms with Gasteiger partial charge in [-0.15, -0.1) is 0 Å². The Morgan fingerprint density at radius 3 is 0.529 bits per heavy atom. The molecule has 562 valence electrons. The molecule has 7 aromatic rings. The van der Waals surface area contributed by atoms with Gasteiger partial charge in [0, 0.05) is 68.6 Å². The number of aromatic nitrogens is 4. The SMILES string of the molecule is CCCCCCOc1cc(OCCCCCC)cc(-c2c3nc(c(-c4cc(OCCCCCC)cc(OCCCCCC)c4)c4ccc([nH]4)c(-c4cc(OCCCCCC)cc(OCCCCCC)c4)c4nc(c(-c5cc(OCCCCCC)cc(OCCCCCC)c5)c5ccc2[nH]5)C=C4)C=C3)c1. The molecule has 0 amide bonds. The largest absolute Gasteiger partial charge is 0.493 e. The van der Waals surface area contributed by atoms with Gasteiger partial charge in [0.05, 0.1) is 75.6 Å². The van der Waals surface area contributed by atoms with Crippen LogP contribution in [0.25, 0.3) is 90.9 Å². The van der Waals surface area contributed by atoms with Crippen molar-refractivity contribution in [1.82, 2.24) is 19.9 Å². The minimum Gasteiger partial charge on any atom is -0.493 e. The lowest BCUT2D eigenvalue weighted by Crippen LogP contribution is -2.01. The molecule has 5 heterocycles. The van der Waals surface area contributed by atoms with Gasteiger partial charge < -0.3 is 47.9 Å². The first kappa shape index (κ1) is 80.0. The standard InChI is InChI=1S/C92H126N4O8/c1-9-17-25-33-49-97-73-57-69(58-74(65-73)98-50-34-26-18-10-2)89-81-41-43-83(93-81)90(70-59-75(99-51-35-27-19-11-3)66-76(60-70)100-52-36-28-20-12-4)85-45-47-87(95-85)92(72-63-79(103-55-39-31-23-15-7)68-80(64-72)104-56-40-32-24-16-8)88-48-46-86(96-88)91(84-44-42-82(89)94-84)71-61-77(101-53-37-29-21-13-5)67-78(62-71)102-54-38-30-22-14-6/h41-48,57-68,93,96H,9-40,49-56H2,1-8H3. The molecule has 12 nitrogen and oxygen atoms in total. The van der Waals surface area contributed by atoms with Crippen molar-refractivity contribution >= 4 is 46.4 Å².